The van der Waals surface area contributed by atoms with Crippen molar-refractivity contribution in [2.24, 2.45) is 5.10 Å². The summed E-state index contributed by atoms with van der Waals surface area (Å²) in [4.78, 5) is 11.7. The molecule has 0 bridgehead atoms. The molecule has 0 saturated carbocycles. The third-order valence-corrected chi connectivity index (χ3v) is 3.76. The van der Waals surface area contributed by atoms with Crippen molar-refractivity contribution in [3.8, 4) is 11.5 Å². The monoisotopic (exact) mass is 326 g/mol. The van der Waals surface area contributed by atoms with Gasteiger partial charge in [-0.15, -0.1) is 0 Å². The Labute approximate surface area is 142 Å². The van der Waals surface area contributed by atoms with E-state index in [9.17, 15) is 9.90 Å². The molecule has 0 saturated heterocycles. The van der Waals surface area contributed by atoms with Crippen LogP contribution in [0.25, 0.3) is 0 Å². The number of benzene rings is 2. The standard InChI is InChI=1S/C19H22N2O3/c1-3-14(2)15-8-10-17(11-9-15)24-13-19(23)21-20-12-16-6-4-5-7-18(16)22/h4-12,14,22H,3,13H2,1-2H3,(H,21,23)/b20-12-/t14-/m1/s1. The SMILES string of the molecule is CC[C@@H](C)c1ccc(OCC(=O)N/N=C\c2ccccc2O)cc1. The molecule has 24 heavy (non-hydrogen) atoms. The molecular formula is C19H22N2O3. The van der Waals surface area contributed by atoms with Crippen molar-refractivity contribution in [1.29, 1.82) is 0 Å². The van der Waals surface area contributed by atoms with Crippen molar-refractivity contribution >= 4 is 12.1 Å². The van der Waals surface area contributed by atoms with Gasteiger partial charge in [0.2, 0.25) is 0 Å². The average molecular weight is 326 g/mol. The number of hydrogen-bond acceptors (Lipinski definition) is 4. The van der Waals surface area contributed by atoms with Crippen LogP contribution in [0, 0.1) is 0 Å². The largest absolute Gasteiger partial charge is 0.507 e. The zero-order valence-corrected chi connectivity index (χ0v) is 13.9. The van der Waals surface area contributed by atoms with Crippen molar-refractivity contribution in [3.05, 3.63) is 59.7 Å². The molecule has 0 unspecified atom stereocenters. The molecule has 126 valence electrons. The van der Waals surface area contributed by atoms with E-state index in [0.717, 1.165) is 6.42 Å². The number of nitrogens with zero attached hydrogens (tertiary/aromatic N) is 1. The summed E-state index contributed by atoms with van der Waals surface area (Å²) in [7, 11) is 0. The topological polar surface area (TPSA) is 70.9 Å². The van der Waals surface area contributed by atoms with E-state index in [0.29, 0.717) is 17.2 Å². The number of carbonyl (C=O) groups excluding carboxylic acids is 1. The number of aromatic hydroxyl groups is 1. The third kappa shape index (κ3) is 5.12. The summed E-state index contributed by atoms with van der Waals surface area (Å²) >= 11 is 0. The van der Waals surface area contributed by atoms with E-state index < -0.39 is 0 Å². The van der Waals surface area contributed by atoms with Gasteiger partial charge in [-0.05, 0) is 42.2 Å². The molecule has 0 fully saturated rings. The van der Waals surface area contributed by atoms with Crippen molar-refractivity contribution in [3.63, 3.8) is 0 Å². The van der Waals surface area contributed by atoms with Gasteiger partial charge in [-0.2, -0.15) is 5.10 Å². The minimum Gasteiger partial charge on any atom is -0.507 e. The van der Waals surface area contributed by atoms with Crippen LogP contribution in [0.5, 0.6) is 11.5 Å². The molecule has 1 atom stereocenters. The lowest BCUT2D eigenvalue weighted by Gasteiger charge is -2.10. The van der Waals surface area contributed by atoms with E-state index in [1.54, 1.807) is 24.3 Å². The Bertz CT molecular complexity index is 696. The van der Waals surface area contributed by atoms with E-state index in [2.05, 4.69) is 24.4 Å². The number of para-hydroxylation sites is 1. The minimum absolute atomic E-state index is 0.105. The van der Waals surface area contributed by atoms with E-state index in [4.69, 9.17) is 4.74 Å². The number of ether oxygens (including phenoxy) is 1. The first-order valence-electron chi connectivity index (χ1n) is 7.92. The van der Waals surface area contributed by atoms with Crippen LogP contribution < -0.4 is 10.2 Å². The first-order valence-corrected chi connectivity index (χ1v) is 7.92. The predicted molar refractivity (Wildman–Crippen MR) is 94.5 cm³/mol. The first kappa shape index (κ1) is 17.5. The molecular weight excluding hydrogens is 304 g/mol. The maximum absolute atomic E-state index is 11.7. The summed E-state index contributed by atoms with van der Waals surface area (Å²) in [6.45, 7) is 4.20. The van der Waals surface area contributed by atoms with E-state index in [1.807, 2.05) is 24.3 Å². The van der Waals surface area contributed by atoms with E-state index >= 15 is 0 Å². The lowest BCUT2D eigenvalue weighted by molar-refractivity contribution is -0.123. The van der Waals surface area contributed by atoms with Crippen LogP contribution in [0.3, 0.4) is 0 Å². The molecule has 0 aliphatic heterocycles. The lowest BCUT2D eigenvalue weighted by atomic mass is 9.99. The Balaban J connectivity index is 1.80. The second-order valence-corrected chi connectivity index (χ2v) is 5.52. The van der Waals surface area contributed by atoms with Crippen molar-refractivity contribution in [1.82, 2.24) is 5.43 Å². The fourth-order valence-corrected chi connectivity index (χ4v) is 2.08. The van der Waals surface area contributed by atoms with Crippen LogP contribution in [0.15, 0.2) is 53.6 Å². The molecule has 0 spiro atoms. The molecule has 0 aliphatic carbocycles. The molecule has 0 aliphatic rings. The smallest absolute Gasteiger partial charge is 0.277 e. The van der Waals surface area contributed by atoms with Crippen LogP contribution in [0.4, 0.5) is 0 Å². The Morgan fingerprint density at radius 2 is 1.96 bits per heavy atom. The summed E-state index contributed by atoms with van der Waals surface area (Å²) in [5, 5.41) is 13.4. The maximum Gasteiger partial charge on any atom is 0.277 e. The van der Waals surface area contributed by atoms with Crippen molar-refractivity contribution in [2.75, 3.05) is 6.61 Å². The summed E-state index contributed by atoms with van der Waals surface area (Å²) in [6.07, 6.45) is 2.46. The quantitative estimate of drug-likeness (QED) is 0.605. The highest BCUT2D eigenvalue weighted by molar-refractivity contribution is 5.85. The number of hydrogen-bond donors (Lipinski definition) is 2. The van der Waals surface area contributed by atoms with Crippen LogP contribution in [-0.4, -0.2) is 23.8 Å². The summed E-state index contributed by atoms with van der Waals surface area (Å²) in [5.41, 5.74) is 4.14. The Morgan fingerprint density at radius 1 is 1.25 bits per heavy atom. The van der Waals surface area contributed by atoms with Gasteiger partial charge in [0.15, 0.2) is 6.61 Å². The Kier molecular flexibility index (Phi) is 6.37. The second-order valence-electron chi connectivity index (χ2n) is 5.52. The maximum atomic E-state index is 11.7. The van der Waals surface area contributed by atoms with Crippen molar-refractivity contribution in [2.45, 2.75) is 26.2 Å². The minimum atomic E-state index is -0.368. The molecule has 2 aromatic rings. The molecule has 2 aromatic carbocycles. The normalized spacial score (nSPS) is 12.1. The molecule has 0 radical (unpaired) electrons. The van der Waals surface area contributed by atoms with Crippen molar-refractivity contribution < 1.29 is 14.6 Å². The number of carbonyl (C=O) groups is 1. The fourth-order valence-electron chi connectivity index (χ4n) is 2.08. The highest BCUT2D eigenvalue weighted by Gasteiger charge is 2.05. The van der Waals surface area contributed by atoms with Gasteiger partial charge in [0.25, 0.3) is 5.91 Å². The molecule has 5 nitrogen and oxygen atoms in total. The highest BCUT2D eigenvalue weighted by Crippen LogP contribution is 2.21. The zero-order valence-electron chi connectivity index (χ0n) is 13.9. The number of phenolic OH excluding ortho intramolecular Hbond substituents is 1. The van der Waals surface area contributed by atoms with Crippen LogP contribution in [-0.2, 0) is 4.79 Å². The fraction of sp³-hybridized carbons (Fsp3) is 0.263. The summed E-state index contributed by atoms with van der Waals surface area (Å²) in [6, 6.07) is 14.5. The number of phenols is 1. The number of amides is 1. The Morgan fingerprint density at radius 3 is 2.62 bits per heavy atom. The van der Waals surface area contributed by atoms with Gasteiger partial charge in [0.05, 0.1) is 6.21 Å². The number of rotatable bonds is 7. The molecule has 5 heteroatoms. The molecule has 2 rings (SSSR count). The van der Waals surface area contributed by atoms with Gasteiger partial charge >= 0.3 is 0 Å². The molecule has 0 heterocycles. The molecule has 0 aromatic heterocycles. The van der Waals surface area contributed by atoms with Crippen LogP contribution >= 0.6 is 0 Å². The van der Waals surface area contributed by atoms with Gasteiger partial charge in [-0.3, -0.25) is 4.79 Å². The molecule has 1 amide bonds. The number of hydrazone groups is 1. The van der Waals surface area contributed by atoms with Gasteiger partial charge in [0, 0.05) is 5.56 Å². The number of nitrogens with one attached hydrogen (secondary N) is 1. The molecule has 2 N–H and O–H groups in total. The Hall–Kier alpha value is -2.82. The van der Waals surface area contributed by atoms with E-state index in [-0.39, 0.29) is 18.3 Å². The first-order chi connectivity index (χ1) is 11.6. The van der Waals surface area contributed by atoms with Gasteiger partial charge in [-0.1, -0.05) is 38.1 Å². The summed E-state index contributed by atoms with van der Waals surface area (Å²) in [5.74, 6) is 0.883. The lowest BCUT2D eigenvalue weighted by Crippen LogP contribution is -2.24. The van der Waals surface area contributed by atoms with Crippen LogP contribution in [0.1, 0.15) is 37.3 Å². The average Bonchev–Trinajstić information content (AvgIpc) is 2.61. The van der Waals surface area contributed by atoms with Crippen LogP contribution in [0.2, 0.25) is 0 Å². The zero-order chi connectivity index (χ0) is 17.4. The highest BCUT2D eigenvalue weighted by atomic mass is 16.5. The van der Waals surface area contributed by atoms with Gasteiger partial charge in [0.1, 0.15) is 11.5 Å². The summed E-state index contributed by atoms with van der Waals surface area (Å²) < 4.78 is 5.43. The second kappa shape index (κ2) is 8.72. The predicted octanol–water partition coefficient (Wildman–Crippen LogP) is 3.43. The van der Waals surface area contributed by atoms with Gasteiger partial charge in [-0.25, -0.2) is 5.43 Å². The van der Waals surface area contributed by atoms with E-state index in [1.165, 1.54) is 11.8 Å². The third-order valence-electron chi connectivity index (χ3n) is 3.76. The van der Waals surface area contributed by atoms with Gasteiger partial charge < -0.3 is 9.84 Å².